The first-order valence-corrected chi connectivity index (χ1v) is 54.3. The normalized spacial score (nSPS) is 17.2. The zero-order chi connectivity index (χ0) is 106. The van der Waals surface area contributed by atoms with Crippen LogP contribution in [-0.2, 0) is 77.0 Å². The van der Waals surface area contributed by atoms with E-state index in [1.165, 1.54) is 85.5 Å². The maximum atomic E-state index is 12.4. The van der Waals surface area contributed by atoms with Gasteiger partial charge in [0.15, 0.2) is 18.4 Å². The first-order chi connectivity index (χ1) is 66.6. The molecule has 0 bridgehead atoms. The number of hydrogen-bond donors (Lipinski definition) is 12. The number of ketones is 1. The first kappa shape index (κ1) is 149. The van der Waals surface area contributed by atoms with Crippen molar-refractivity contribution >= 4 is 178 Å². The summed E-state index contributed by atoms with van der Waals surface area (Å²) in [4.78, 5) is 99.6. The van der Waals surface area contributed by atoms with Gasteiger partial charge in [0.2, 0.25) is 0 Å². The van der Waals surface area contributed by atoms with Crippen LogP contribution in [0.1, 0.15) is 251 Å². The zero-order valence-corrected chi connectivity index (χ0v) is 92.0. The SMILES string of the molecule is C.C.CB(O)NCCCC1SCCCS1.CC(=O)O.CC(=O)ON1C(=O)CCC1=O.CC(C)(C)OC(=O)OC(=O)OC(C)(C)C.CCO.CC[B]F.Cc1ccc(C(=O)c2ccccc2)cc1.Cc1ccc(C(O)(c2ccccc2)C2(CCC[B]OC=N)SCCCS2)cc1.FF.NCCCC1OCC2(CO1)COC(CCCN)OC2.NCCCC1SCCCS1.O=C1CCC(=O)N1O.SCCS.[CH2-]CCC.[Li+]. The number of aryl methyl sites for hydroxylation is 2. The number of aliphatic carboxylic acids is 1. The number of halogens is 3. The minimum absolute atomic E-state index is 0. The van der Waals surface area contributed by atoms with Gasteiger partial charge < -0.3 is 96.7 Å². The molecule has 7 saturated heterocycles. The summed E-state index contributed by atoms with van der Waals surface area (Å²) < 4.78 is 69.6. The number of amides is 4. The quantitative estimate of drug-likeness (QED) is 0.00205. The number of hydrogen-bond acceptors (Lipinski definition) is 35. The molecule has 143 heavy (non-hydrogen) atoms. The molecule has 7 aliphatic rings. The second-order valence-corrected chi connectivity index (χ2v) is 43.1. The molecule has 4 aromatic carbocycles. The number of nitrogens with zero attached hydrogens (tertiary/aromatic N) is 2. The predicted molar refractivity (Wildman–Crippen MR) is 586 cm³/mol. The summed E-state index contributed by atoms with van der Waals surface area (Å²) in [5, 5.41) is 55.4. The number of carbonyl (C=O) groups excluding carboxylic acids is 8. The van der Waals surface area contributed by atoms with E-state index in [0.29, 0.717) is 58.5 Å². The summed E-state index contributed by atoms with van der Waals surface area (Å²) in [5.41, 5.74) is 19.5. The van der Waals surface area contributed by atoms with Crippen LogP contribution in [0.3, 0.4) is 0 Å². The van der Waals surface area contributed by atoms with Gasteiger partial charge in [-0.3, -0.25) is 39.4 Å². The Bertz CT molecular complexity index is 3780. The number of nitrogens with one attached hydrogen (secondary N) is 2. The van der Waals surface area contributed by atoms with Gasteiger partial charge in [-0.25, -0.2) is 14.4 Å². The largest absolute Gasteiger partial charge is 1.00 e. The van der Waals surface area contributed by atoms with Crippen molar-refractivity contribution in [2.45, 2.75) is 289 Å². The fourth-order valence-electron chi connectivity index (χ4n) is 11.7. The molecule has 4 amide bonds. The van der Waals surface area contributed by atoms with E-state index < -0.39 is 64.7 Å². The Morgan fingerprint density at radius 1 is 0.622 bits per heavy atom. The Balaban J connectivity index is -0.000000371. The van der Waals surface area contributed by atoms with Crippen LogP contribution >= 0.6 is 95.8 Å². The van der Waals surface area contributed by atoms with Crippen LogP contribution in [0.4, 0.5) is 23.1 Å². The number of thioether (sulfide) groups is 6. The van der Waals surface area contributed by atoms with Crippen molar-refractivity contribution in [1.29, 1.82) is 5.41 Å². The van der Waals surface area contributed by atoms with E-state index in [1.54, 1.807) is 69.7 Å². The summed E-state index contributed by atoms with van der Waals surface area (Å²) in [6.45, 7) is 33.2. The fraction of sp³-hybridized carbons (Fsp3) is 0.643. The molecule has 810 valence electrons. The van der Waals surface area contributed by atoms with E-state index in [9.17, 15) is 47.8 Å². The average molecular weight is 2160 g/mol. The third-order valence-corrected chi connectivity index (χ3v) is 29.0. The summed E-state index contributed by atoms with van der Waals surface area (Å²) in [6, 6.07) is 35.4. The number of ether oxygens (including phenoxy) is 7. The van der Waals surface area contributed by atoms with Crippen molar-refractivity contribution in [3.05, 3.63) is 149 Å². The molecule has 4 aromatic rings. The van der Waals surface area contributed by atoms with Gasteiger partial charge in [0.1, 0.15) is 23.2 Å². The number of unbranched alkanes of at least 4 members (excludes halogenated alkanes) is 1. The predicted octanol–water partition coefficient (Wildman–Crippen LogP) is 16.9. The van der Waals surface area contributed by atoms with E-state index in [0.717, 1.165) is 139 Å². The third kappa shape index (κ3) is 73.7. The fourth-order valence-corrected chi connectivity index (χ4v) is 21.4. The van der Waals surface area contributed by atoms with Crippen LogP contribution in [0.2, 0.25) is 19.5 Å². The number of aliphatic hydroxyl groups is 2. The van der Waals surface area contributed by atoms with Crippen molar-refractivity contribution in [3.8, 4) is 0 Å². The number of nitrogens with two attached hydrogens (primary N) is 3. The van der Waals surface area contributed by atoms with Crippen LogP contribution in [-0.4, -0.2) is 260 Å². The molecule has 0 aliphatic carbocycles. The molecule has 7 fully saturated rings. The van der Waals surface area contributed by atoms with Crippen molar-refractivity contribution in [2.75, 3.05) is 105 Å². The minimum atomic E-state index is -1.08. The smallest absolute Gasteiger partial charge is 0.556 e. The van der Waals surface area contributed by atoms with Crippen molar-refractivity contribution in [1.82, 2.24) is 15.4 Å². The molecule has 1 atom stereocenters. The first-order valence-electron chi connectivity index (χ1n) is 46.9. The second-order valence-electron chi connectivity index (χ2n) is 33.3. The van der Waals surface area contributed by atoms with Crippen LogP contribution in [0.5, 0.6) is 0 Å². The monoisotopic (exact) mass is 2160 g/mol. The Kier molecular flexibility index (Phi) is 95.4. The number of carboxylic acid groups (broad SMARTS) is 1. The van der Waals surface area contributed by atoms with Crippen molar-refractivity contribution < 1.29 is 144 Å². The van der Waals surface area contributed by atoms with E-state index in [4.69, 9.17) is 90.1 Å². The van der Waals surface area contributed by atoms with Gasteiger partial charge in [-0.05, 0) is 242 Å². The molecule has 7 heterocycles. The van der Waals surface area contributed by atoms with E-state index in [-0.39, 0.29) is 106 Å². The molecular formula is C98H166B3F3LiN7O23S8. The number of aliphatic hydroxyl groups excluding tert-OH is 1. The van der Waals surface area contributed by atoms with Gasteiger partial charge in [0, 0.05) is 66.4 Å². The molecule has 7 aliphatic heterocycles. The summed E-state index contributed by atoms with van der Waals surface area (Å²) >= 11 is 19.9. The van der Waals surface area contributed by atoms with E-state index in [1.807, 2.05) is 115 Å². The van der Waals surface area contributed by atoms with Gasteiger partial charge in [0.05, 0.1) is 45.1 Å². The molecule has 30 nitrogen and oxygen atoms in total. The number of carboxylic acids is 1. The number of thiol groups is 2. The summed E-state index contributed by atoms with van der Waals surface area (Å²) in [6.07, 6.45) is 16.9. The molecule has 1 spiro atoms. The Morgan fingerprint density at radius 3 is 1.32 bits per heavy atom. The van der Waals surface area contributed by atoms with Crippen LogP contribution in [0.15, 0.2) is 109 Å². The molecule has 11 rings (SSSR count). The van der Waals surface area contributed by atoms with Gasteiger partial charge in [0.25, 0.3) is 29.6 Å². The standard InChI is InChI=1S/C22H27BNO2S2.C14H12O.C13H26N2O4.C10H18O5.C8H18BNOS2.C7H15NS2.C6H7NO4.C4H5NO3.C4H9.C2H5BF.C2H4O2.C2H6O.C2H6S2.2CH4.F2.Li/c1-18-9-11-20(12-10-18)22(25,19-7-3-2-4-8-19)21(27-15-6-16-28-21)13-5-14-23-26-17-24;1-11-7-9-13(10-8-11)14(15)12-5-3-2-4-6-12;14-5-1-3-11-16-7-13(8-17-11)9-18-12(19-10-13)4-2-6-15;1-9(2,3)14-7(11)13-8(12)15-10(4,5)6;1-9(11)10-5-2-4-8-12-6-3-7-13-8;8-4-1-3-7-9-5-2-6-10-7;1-4(8)11-7-5(9)2-3-6(7)10;6-3-1-2-4(7)5(3)8;1-3-4-2;1-2-3-4;1-2(3)4;1-2-3;3-1-2-4;;;1-2;/h2-4,7-12,17,24-25H,5-6,13-16H2,1H3;2-10H,1H3;11-12H,1-10,14-15H2;1-6H3;8,10-11H,2-7H2,1H3;7H,1-6,8H2;2-3H2,1H3;8H,1-2H2;1,3-4H2,2H3;2H2,1H3;1H3,(H,3,4);3H,2H2,1H3;3-4H,1-2H2;2*1H4;;/q;;;;;;;;-1;;;;;;;;+1. The number of benzene rings is 4. The number of carbonyl (C=O) groups is 9. The van der Waals surface area contributed by atoms with Gasteiger partial charge in [-0.1, -0.05) is 162 Å². The molecule has 0 saturated carbocycles. The third-order valence-electron chi connectivity index (χ3n) is 18.4. The molecule has 13 N–H and O–H groups in total. The minimum Gasteiger partial charge on any atom is -0.556 e. The van der Waals surface area contributed by atoms with E-state index in [2.05, 4.69) is 132 Å². The van der Waals surface area contributed by atoms with Crippen LogP contribution < -0.4 is 41.3 Å². The van der Waals surface area contributed by atoms with Crippen molar-refractivity contribution in [2.24, 2.45) is 22.6 Å². The molecule has 2 radical (unpaired) electrons. The van der Waals surface area contributed by atoms with Crippen LogP contribution in [0, 0.1) is 31.6 Å². The number of imide groups is 2. The molecule has 45 heteroatoms. The maximum absolute atomic E-state index is 12.4. The molecular weight excluding hydrogens is 2000 g/mol. The molecule has 0 aromatic heterocycles. The second kappa shape index (κ2) is 91.8. The number of hydroxylamine groups is 4. The summed E-state index contributed by atoms with van der Waals surface area (Å²) in [7, 11) is 1.94. The van der Waals surface area contributed by atoms with Gasteiger partial charge in [-0.2, -0.15) is 36.7 Å². The zero-order valence-electron chi connectivity index (χ0n) is 85.3. The number of rotatable bonds is 29. The van der Waals surface area contributed by atoms with Gasteiger partial charge in [-0.15, -0.1) is 75.6 Å². The maximum Gasteiger partial charge on any atom is 1.00 e. The van der Waals surface area contributed by atoms with Crippen LogP contribution in [0.25, 0.3) is 0 Å². The Labute approximate surface area is 901 Å². The van der Waals surface area contributed by atoms with Gasteiger partial charge >= 0.3 is 59.2 Å². The average Bonchev–Trinajstić information content (AvgIpc) is 1.04. The van der Waals surface area contributed by atoms with E-state index >= 15 is 0 Å². The van der Waals surface area contributed by atoms with Crippen molar-refractivity contribution in [3.63, 3.8) is 0 Å². The Hall–Kier alpha value is -5.12. The topological polar surface area (TPSA) is 458 Å². The molecule has 1 unspecified atom stereocenters. The Morgan fingerprint density at radius 2 is 0.979 bits per heavy atom. The summed E-state index contributed by atoms with van der Waals surface area (Å²) in [5.74, 6) is 5.92.